The number of ether oxygens (including phenoxy) is 1. The fraction of sp³-hybridized carbons (Fsp3) is 0.364. The lowest BCUT2D eigenvalue weighted by molar-refractivity contribution is -0.384. The minimum Gasteiger partial charge on any atom is -0.491 e. The van der Waals surface area contributed by atoms with Gasteiger partial charge in [-0.25, -0.2) is 0 Å². The van der Waals surface area contributed by atoms with E-state index in [1.807, 2.05) is 6.07 Å². The molecule has 1 aromatic heterocycles. The Morgan fingerprint density at radius 1 is 1.21 bits per heavy atom. The van der Waals surface area contributed by atoms with Crippen molar-refractivity contribution in [3.05, 3.63) is 70.4 Å². The first-order valence-corrected chi connectivity index (χ1v) is 9.94. The standard InChI is InChI=1S/C22H25N3O4/c26-18(15-29-19-5-3-4-17(12-19)25(27)28)14-24-10-8-16(9-11-24)21-13-23-22-7-2-1-6-20(21)22/h1-7,12-13,16,18,23,26H,8-11,14-15H2. The monoisotopic (exact) mass is 395 g/mol. The molecule has 1 fully saturated rings. The molecule has 2 heterocycles. The highest BCUT2D eigenvalue weighted by molar-refractivity contribution is 5.83. The maximum Gasteiger partial charge on any atom is 0.273 e. The molecule has 29 heavy (non-hydrogen) atoms. The van der Waals surface area contributed by atoms with Gasteiger partial charge >= 0.3 is 0 Å². The first kappa shape index (κ1) is 19.4. The van der Waals surface area contributed by atoms with Crippen LogP contribution >= 0.6 is 0 Å². The number of H-pyrrole nitrogens is 1. The lowest BCUT2D eigenvalue weighted by Crippen LogP contribution is -2.40. The number of aromatic amines is 1. The number of non-ortho nitro benzene ring substituents is 1. The highest BCUT2D eigenvalue weighted by atomic mass is 16.6. The van der Waals surface area contributed by atoms with Crippen LogP contribution in [-0.2, 0) is 0 Å². The zero-order chi connectivity index (χ0) is 20.2. The van der Waals surface area contributed by atoms with Crippen molar-refractivity contribution in [3.8, 4) is 5.75 Å². The molecule has 3 aromatic rings. The summed E-state index contributed by atoms with van der Waals surface area (Å²) in [6.45, 7) is 2.51. The second-order valence-electron chi connectivity index (χ2n) is 7.58. The first-order chi connectivity index (χ1) is 14.1. The van der Waals surface area contributed by atoms with Gasteiger partial charge in [-0.05, 0) is 49.5 Å². The van der Waals surface area contributed by atoms with E-state index in [9.17, 15) is 15.2 Å². The van der Waals surface area contributed by atoms with E-state index in [0.717, 1.165) is 25.9 Å². The van der Waals surface area contributed by atoms with E-state index >= 15 is 0 Å². The number of hydrogen-bond acceptors (Lipinski definition) is 5. The Balaban J connectivity index is 1.26. The summed E-state index contributed by atoms with van der Waals surface area (Å²) in [5.74, 6) is 0.928. The Hall–Kier alpha value is -2.90. The van der Waals surface area contributed by atoms with E-state index in [1.54, 1.807) is 12.1 Å². The largest absolute Gasteiger partial charge is 0.491 e. The highest BCUT2D eigenvalue weighted by Gasteiger charge is 2.24. The summed E-state index contributed by atoms with van der Waals surface area (Å²) < 4.78 is 5.54. The molecule has 7 heteroatoms. The third-order valence-corrected chi connectivity index (χ3v) is 5.59. The molecule has 2 N–H and O–H groups in total. The summed E-state index contributed by atoms with van der Waals surface area (Å²) in [6, 6.07) is 14.4. The van der Waals surface area contributed by atoms with Crippen molar-refractivity contribution in [1.82, 2.24) is 9.88 Å². The number of β-amino-alcohol motifs (C(OH)–C–C–N with tert-alkyl or cyclic N) is 1. The van der Waals surface area contributed by atoms with Crippen LogP contribution in [-0.4, -0.2) is 52.3 Å². The lowest BCUT2D eigenvalue weighted by Gasteiger charge is -2.33. The molecular weight excluding hydrogens is 370 g/mol. The molecule has 0 spiro atoms. The number of hydrogen-bond donors (Lipinski definition) is 2. The number of aliphatic hydroxyl groups is 1. The summed E-state index contributed by atoms with van der Waals surface area (Å²) in [7, 11) is 0. The molecule has 1 saturated heterocycles. The van der Waals surface area contributed by atoms with Crippen molar-refractivity contribution < 1.29 is 14.8 Å². The summed E-state index contributed by atoms with van der Waals surface area (Å²) in [5.41, 5.74) is 2.55. The number of likely N-dealkylation sites (tertiary alicyclic amines) is 1. The molecule has 1 aliphatic heterocycles. The van der Waals surface area contributed by atoms with Crippen LogP contribution < -0.4 is 4.74 Å². The van der Waals surface area contributed by atoms with E-state index in [4.69, 9.17) is 4.74 Å². The molecule has 0 aliphatic carbocycles. The van der Waals surface area contributed by atoms with Gasteiger partial charge in [0.2, 0.25) is 0 Å². The fourth-order valence-corrected chi connectivity index (χ4v) is 4.09. The minimum atomic E-state index is -0.640. The molecule has 1 atom stereocenters. The molecule has 1 aliphatic rings. The number of fused-ring (bicyclic) bond motifs is 1. The van der Waals surface area contributed by atoms with E-state index in [2.05, 4.69) is 34.3 Å². The topological polar surface area (TPSA) is 91.6 Å². The van der Waals surface area contributed by atoms with Crippen LogP contribution in [0.5, 0.6) is 5.75 Å². The number of nitro benzene ring substituents is 1. The Labute approximate surface area is 169 Å². The summed E-state index contributed by atoms with van der Waals surface area (Å²) in [5, 5.41) is 22.5. The number of nitro groups is 1. The van der Waals surface area contributed by atoms with Crippen LogP contribution in [0.1, 0.15) is 24.3 Å². The normalized spacial score (nSPS) is 16.7. The molecule has 152 valence electrons. The van der Waals surface area contributed by atoms with E-state index < -0.39 is 11.0 Å². The number of nitrogens with zero attached hydrogens (tertiary/aromatic N) is 2. The van der Waals surface area contributed by atoms with Gasteiger partial charge in [-0.1, -0.05) is 24.3 Å². The van der Waals surface area contributed by atoms with Crippen molar-refractivity contribution in [2.24, 2.45) is 0 Å². The number of rotatable bonds is 7. The molecule has 0 radical (unpaired) electrons. The van der Waals surface area contributed by atoms with Gasteiger partial charge in [-0.15, -0.1) is 0 Å². The van der Waals surface area contributed by atoms with E-state index in [1.165, 1.54) is 28.6 Å². The number of benzene rings is 2. The van der Waals surface area contributed by atoms with Gasteiger partial charge in [0.05, 0.1) is 11.0 Å². The van der Waals surface area contributed by atoms with Gasteiger partial charge in [-0.2, -0.15) is 0 Å². The Morgan fingerprint density at radius 3 is 2.79 bits per heavy atom. The first-order valence-electron chi connectivity index (χ1n) is 9.94. The zero-order valence-corrected chi connectivity index (χ0v) is 16.2. The zero-order valence-electron chi connectivity index (χ0n) is 16.2. The fourth-order valence-electron chi connectivity index (χ4n) is 4.09. The van der Waals surface area contributed by atoms with Crippen LogP contribution in [0.2, 0.25) is 0 Å². The van der Waals surface area contributed by atoms with Gasteiger partial charge in [-0.3, -0.25) is 10.1 Å². The number of aromatic nitrogens is 1. The third-order valence-electron chi connectivity index (χ3n) is 5.59. The van der Waals surface area contributed by atoms with Gasteiger partial charge in [0.1, 0.15) is 18.5 Å². The van der Waals surface area contributed by atoms with Gasteiger partial charge in [0, 0.05) is 29.7 Å². The van der Waals surface area contributed by atoms with Gasteiger partial charge < -0.3 is 19.7 Å². The number of para-hydroxylation sites is 1. The number of aliphatic hydroxyl groups excluding tert-OH is 1. The van der Waals surface area contributed by atoms with Gasteiger partial charge in [0.25, 0.3) is 5.69 Å². The molecule has 1 unspecified atom stereocenters. The molecule has 2 aromatic carbocycles. The second kappa shape index (κ2) is 8.63. The predicted molar refractivity (Wildman–Crippen MR) is 111 cm³/mol. The van der Waals surface area contributed by atoms with Crippen LogP contribution in [0, 0.1) is 10.1 Å². The average molecular weight is 395 g/mol. The summed E-state index contributed by atoms with van der Waals surface area (Å²) in [6.07, 6.45) is 3.60. The number of piperidine rings is 1. The van der Waals surface area contributed by atoms with Crippen LogP contribution in [0.4, 0.5) is 5.69 Å². The maximum atomic E-state index is 10.8. The molecule has 4 rings (SSSR count). The Morgan fingerprint density at radius 2 is 2.00 bits per heavy atom. The minimum absolute atomic E-state index is 0.0173. The SMILES string of the molecule is O=[N+]([O-])c1cccc(OCC(O)CN2CCC(c3c[nH]c4ccccc34)CC2)c1. The molecule has 0 bridgehead atoms. The molecular formula is C22H25N3O4. The van der Waals surface area contributed by atoms with Crippen molar-refractivity contribution in [1.29, 1.82) is 0 Å². The van der Waals surface area contributed by atoms with Crippen LogP contribution in [0.15, 0.2) is 54.7 Å². The second-order valence-corrected chi connectivity index (χ2v) is 7.58. The summed E-state index contributed by atoms with van der Waals surface area (Å²) in [4.78, 5) is 16.0. The lowest BCUT2D eigenvalue weighted by atomic mass is 9.89. The van der Waals surface area contributed by atoms with Crippen molar-refractivity contribution >= 4 is 16.6 Å². The van der Waals surface area contributed by atoms with Crippen molar-refractivity contribution in [3.63, 3.8) is 0 Å². The predicted octanol–water partition coefficient (Wildman–Crippen LogP) is 3.70. The Bertz CT molecular complexity index is 979. The van der Waals surface area contributed by atoms with E-state index in [0.29, 0.717) is 18.2 Å². The quantitative estimate of drug-likeness (QED) is 0.470. The van der Waals surface area contributed by atoms with Crippen molar-refractivity contribution in [2.75, 3.05) is 26.2 Å². The highest BCUT2D eigenvalue weighted by Crippen LogP contribution is 2.33. The van der Waals surface area contributed by atoms with E-state index in [-0.39, 0.29) is 12.3 Å². The molecule has 7 nitrogen and oxygen atoms in total. The summed E-state index contributed by atoms with van der Waals surface area (Å²) >= 11 is 0. The smallest absolute Gasteiger partial charge is 0.273 e. The van der Waals surface area contributed by atoms with Crippen LogP contribution in [0.3, 0.4) is 0 Å². The average Bonchev–Trinajstić information content (AvgIpc) is 3.17. The van der Waals surface area contributed by atoms with Gasteiger partial charge in [0.15, 0.2) is 0 Å². The molecule has 0 saturated carbocycles. The van der Waals surface area contributed by atoms with Crippen LogP contribution in [0.25, 0.3) is 10.9 Å². The molecule has 0 amide bonds. The number of nitrogens with one attached hydrogen (secondary N) is 1. The maximum absolute atomic E-state index is 10.8. The third kappa shape index (κ3) is 4.58. The Kier molecular flexibility index (Phi) is 5.78. The van der Waals surface area contributed by atoms with Crippen molar-refractivity contribution in [2.45, 2.75) is 24.9 Å².